The molecule has 0 aromatic carbocycles. The number of aryl methyl sites for hydroxylation is 1. The van der Waals surface area contributed by atoms with Gasteiger partial charge in [0, 0.05) is 20.1 Å². The van der Waals surface area contributed by atoms with Gasteiger partial charge >= 0.3 is 0 Å². The van der Waals surface area contributed by atoms with Crippen molar-refractivity contribution in [3.05, 3.63) is 11.7 Å². The number of nitrogens with zero attached hydrogens (tertiary/aromatic N) is 3. The van der Waals surface area contributed by atoms with E-state index in [1.54, 1.807) is 0 Å². The molecule has 6 heteroatoms. The summed E-state index contributed by atoms with van der Waals surface area (Å²) in [6.45, 7) is 6.19. The quantitative estimate of drug-likeness (QED) is 0.740. The fraction of sp³-hybridized carbons (Fsp3) is 0.857. The van der Waals surface area contributed by atoms with Crippen LogP contribution in [-0.2, 0) is 9.47 Å². The first-order valence-corrected chi connectivity index (χ1v) is 7.56. The molecule has 0 unspecified atom stereocenters. The monoisotopic (exact) mass is 281 g/mol. The molecular formula is C14H23N3O3. The standard InChI is InChI=1S/C14H23N3O3/c1-11-15-14(16-20-11)13-5-2-6-17(13)7-9-18-10-12-4-3-8-19-12/h12-13H,2-10H2,1H3/t12-,13-/m1/s1. The van der Waals surface area contributed by atoms with Gasteiger partial charge in [0.1, 0.15) is 0 Å². The fourth-order valence-electron chi connectivity index (χ4n) is 3.01. The van der Waals surface area contributed by atoms with Gasteiger partial charge < -0.3 is 14.0 Å². The van der Waals surface area contributed by atoms with E-state index in [2.05, 4.69) is 15.0 Å². The van der Waals surface area contributed by atoms with Gasteiger partial charge in [0.05, 0.1) is 25.4 Å². The maximum atomic E-state index is 5.74. The van der Waals surface area contributed by atoms with E-state index in [1.165, 1.54) is 12.8 Å². The molecule has 1 aromatic heterocycles. The van der Waals surface area contributed by atoms with Crippen molar-refractivity contribution in [3.8, 4) is 0 Å². The van der Waals surface area contributed by atoms with Gasteiger partial charge in [-0.15, -0.1) is 0 Å². The van der Waals surface area contributed by atoms with Crippen LogP contribution in [0.2, 0.25) is 0 Å². The molecule has 3 rings (SSSR count). The summed E-state index contributed by atoms with van der Waals surface area (Å²) < 4.78 is 16.4. The molecule has 0 saturated carbocycles. The first-order chi connectivity index (χ1) is 9.83. The Morgan fingerprint density at radius 3 is 3.05 bits per heavy atom. The minimum Gasteiger partial charge on any atom is -0.377 e. The lowest BCUT2D eigenvalue weighted by Crippen LogP contribution is -2.29. The molecule has 112 valence electrons. The molecule has 0 aliphatic carbocycles. The summed E-state index contributed by atoms with van der Waals surface area (Å²) in [4.78, 5) is 6.74. The van der Waals surface area contributed by atoms with Crippen LogP contribution in [0.4, 0.5) is 0 Å². The molecule has 2 saturated heterocycles. The van der Waals surface area contributed by atoms with E-state index in [4.69, 9.17) is 14.0 Å². The van der Waals surface area contributed by atoms with Crippen molar-refractivity contribution >= 4 is 0 Å². The molecule has 0 amide bonds. The lowest BCUT2D eigenvalue weighted by Gasteiger charge is -2.22. The van der Waals surface area contributed by atoms with Crippen molar-refractivity contribution in [1.29, 1.82) is 0 Å². The van der Waals surface area contributed by atoms with E-state index >= 15 is 0 Å². The Morgan fingerprint density at radius 2 is 2.30 bits per heavy atom. The Morgan fingerprint density at radius 1 is 1.35 bits per heavy atom. The van der Waals surface area contributed by atoms with Gasteiger partial charge in [-0.1, -0.05) is 5.16 Å². The highest BCUT2D eigenvalue weighted by molar-refractivity contribution is 4.97. The number of likely N-dealkylation sites (tertiary alicyclic amines) is 1. The number of rotatable bonds is 6. The van der Waals surface area contributed by atoms with Crippen molar-refractivity contribution in [2.24, 2.45) is 0 Å². The highest BCUT2D eigenvalue weighted by Crippen LogP contribution is 2.29. The van der Waals surface area contributed by atoms with Gasteiger partial charge in [-0.3, -0.25) is 4.90 Å². The summed E-state index contributed by atoms with van der Waals surface area (Å²) in [5, 5.41) is 4.05. The van der Waals surface area contributed by atoms with Gasteiger partial charge in [-0.05, 0) is 32.2 Å². The highest BCUT2D eigenvalue weighted by atomic mass is 16.5. The minimum atomic E-state index is 0.291. The molecule has 2 aliphatic heterocycles. The van der Waals surface area contributed by atoms with E-state index in [9.17, 15) is 0 Å². The van der Waals surface area contributed by atoms with Crippen molar-refractivity contribution in [1.82, 2.24) is 15.0 Å². The third-order valence-electron chi connectivity index (χ3n) is 4.06. The molecule has 0 N–H and O–H groups in total. The predicted octanol–water partition coefficient (Wildman–Crippen LogP) is 1.71. The Balaban J connectivity index is 1.42. The lowest BCUT2D eigenvalue weighted by atomic mass is 10.2. The van der Waals surface area contributed by atoms with Crippen molar-refractivity contribution in [2.45, 2.75) is 44.8 Å². The van der Waals surface area contributed by atoms with Crippen LogP contribution in [0.1, 0.15) is 43.4 Å². The van der Waals surface area contributed by atoms with Crippen LogP contribution in [0, 0.1) is 6.92 Å². The zero-order valence-corrected chi connectivity index (χ0v) is 12.1. The largest absolute Gasteiger partial charge is 0.377 e. The van der Waals surface area contributed by atoms with E-state index in [1.807, 2.05) is 6.92 Å². The van der Waals surface area contributed by atoms with E-state index < -0.39 is 0 Å². The van der Waals surface area contributed by atoms with Crippen molar-refractivity contribution < 1.29 is 14.0 Å². The second kappa shape index (κ2) is 6.65. The SMILES string of the molecule is Cc1nc([C@H]2CCCN2CCOC[C@H]2CCCO2)no1. The number of hydrogen-bond donors (Lipinski definition) is 0. The normalized spacial score (nSPS) is 27.4. The molecule has 6 nitrogen and oxygen atoms in total. The van der Waals surface area contributed by atoms with Gasteiger partial charge in [0.25, 0.3) is 0 Å². The maximum Gasteiger partial charge on any atom is 0.223 e. The van der Waals surface area contributed by atoms with Crippen LogP contribution >= 0.6 is 0 Å². The molecule has 20 heavy (non-hydrogen) atoms. The summed E-state index contributed by atoms with van der Waals surface area (Å²) >= 11 is 0. The van der Waals surface area contributed by atoms with Crippen LogP contribution < -0.4 is 0 Å². The molecule has 3 heterocycles. The maximum absolute atomic E-state index is 5.74. The Bertz CT molecular complexity index is 418. The topological polar surface area (TPSA) is 60.6 Å². The van der Waals surface area contributed by atoms with Crippen molar-refractivity contribution in [3.63, 3.8) is 0 Å². The number of aromatic nitrogens is 2. The van der Waals surface area contributed by atoms with Crippen molar-refractivity contribution in [2.75, 3.05) is 32.9 Å². The van der Waals surface area contributed by atoms with Gasteiger partial charge in [0.2, 0.25) is 5.89 Å². The first-order valence-electron chi connectivity index (χ1n) is 7.56. The Labute approximate surface area is 119 Å². The van der Waals surface area contributed by atoms with E-state index in [0.717, 1.165) is 51.6 Å². The molecule has 0 spiro atoms. The molecule has 0 bridgehead atoms. The number of hydrogen-bond acceptors (Lipinski definition) is 6. The zero-order chi connectivity index (χ0) is 13.8. The molecule has 2 aliphatic rings. The van der Waals surface area contributed by atoms with E-state index in [0.29, 0.717) is 18.0 Å². The summed E-state index contributed by atoms with van der Waals surface area (Å²) in [7, 11) is 0. The van der Waals surface area contributed by atoms with Gasteiger partial charge in [0.15, 0.2) is 5.82 Å². The second-order valence-electron chi connectivity index (χ2n) is 5.58. The lowest BCUT2D eigenvalue weighted by molar-refractivity contribution is 0.00920. The Kier molecular flexibility index (Phi) is 4.65. The average molecular weight is 281 g/mol. The van der Waals surface area contributed by atoms with Crippen LogP contribution in [0.5, 0.6) is 0 Å². The molecule has 2 atom stereocenters. The molecule has 1 aromatic rings. The molecule has 0 radical (unpaired) electrons. The summed E-state index contributed by atoms with van der Waals surface area (Å²) in [5.41, 5.74) is 0. The van der Waals surface area contributed by atoms with Gasteiger partial charge in [-0.25, -0.2) is 0 Å². The molecular weight excluding hydrogens is 258 g/mol. The van der Waals surface area contributed by atoms with Crippen LogP contribution in [0.25, 0.3) is 0 Å². The third kappa shape index (κ3) is 3.37. The van der Waals surface area contributed by atoms with Gasteiger partial charge in [-0.2, -0.15) is 4.98 Å². The third-order valence-corrected chi connectivity index (χ3v) is 4.06. The van der Waals surface area contributed by atoms with Crippen LogP contribution in [0.3, 0.4) is 0 Å². The fourth-order valence-corrected chi connectivity index (χ4v) is 3.01. The highest BCUT2D eigenvalue weighted by Gasteiger charge is 2.29. The average Bonchev–Trinajstić information content (AvgIpc) is 3.16. The molecule has 2 fully saturated rings. The first kappa shape index (κ1) is 14.0. The summed E-state index contributed by atoms with van der Waals surface area (Å²) in [6.07, 6.45) is 4.90. The van der Waals surface area contributed by atoms with Crippen LogP contribution in [-0.4, -0.2) is 54.1 Å². The second-order valence-corrected chi connectivity index (χ2v) is 5.58. The smallest absolute Gasteiger partial charge is 0.223 e. The number of ether oxygens (including phenoxy) is 2. The zero-order valence-electron chi connectivity index (χ0n) is 12.1. The minimum absolute atomic E-state index is 0.291. The summed E-state index contributed by atoms with van der Waals surface area (Å²) in [6, 6.07) is 0.291. The van der Waals surface area contributed by atoms with E-state index in [-0.39, 0.29) is 0 Å². The Hall–Kier alpha value is -0.980. The predicted molar refractivity (Wildman–Crippen MR) is 72.4 cm³/mol. The summed E-state index contributed by atoms with van der Waals surface area (Å²) in [5.74, 6) is 1.46. The van der Waals surface area contributed by atoms with Crippen LogP contribution in [0.15, 0.2) is 4.52 Å².